The molecular weight excluding hydrogens is 540 g/mol. The van der Waals surface area contributed by atoms with Gasteiger partial charge in [-0.15, -0.1) is 0 Å². The number of fused-ring (bicyclic) bond motifs is 1. The molecule has 4 rings (SSSR count). The number of hydrogen-bond donors (Lipinski definition) is 4. The third-order valence-electron chi connectivity index (χ3n) is 7.50. The van der Waals surface area contributed by atoms with E-state index in [2.05, 4.69) is 51.6 Å². The Morgan fingerprint density at radius 3 is 2.07 bits per heavy atom. The molecule has 3 aromatic rings. The van der Waals surface area contributed by atoms with E-state index in [-0.39, 0.29) is 17.7 Å². The van der Waals surface area contributed by atoms with Crippen molar-refractivity contribution >= 4 is 17.9 Å². The summed E-state index contributed by atoms with van der Waals surface area (Å²) in [6.45, 7) is 6.88. The number of benzene rings is 3. The highest BCUT2D eigenvalue weighted by Crippen LogP contribution is 2.24. The van der Waals surface area contributed by atoms with Crippen LogP contribution in [-0.4, -0.2) is 48.7 Å². The average molecular weight is 585 g/mol. The number of rotatable bonds is 12. The Kier molecular flexibility index (Phi) is 11.3. The van der Waals surface area contributed by atoms with Crippen LogP contribution in [-0.2, 0) is 27.3 Å². The Labute approximate surface area is 255 Å². The monoisotopic (exact) mass is 584 g/mol. The summed E-state index contributed by atoms with van der Waals surface area (Å²) in [4.78, 5) is 39.0. The minimum atomic E-state index is -0.708. The normalized spacial score (nSPS) is 15.2. The van der Waals surface area contributed by atoms with Crippen LogP contribution < -0.4 is 21.3 Å². The van der Waals surface area contributed by atoms with Crippen molar-refractivity contribution in [3.63, 3.8) is 0 Å². The van der Waals surface area contributed by atoms with Gasteiger partial charge in [0, 0.05) is 25.6 Å². The van der Waals surface area contributed by atoms with Crippen LogP contribution >= 0.6 is 0 Å². The van der Waals surface area contributed by atoms with Crippen LogP contribution in [0.3, 0.4) is 0 Å². The Bertz CT molecular complexity index is 1300. The van der Waals surface area contributed by atoms with Crippen LogP contribution in [0.4, 0.5) is 4.79 Å². The van der Waals surface area contributed by atoms with Crippen molar-refractivity contribution < 1.29 is 19.1 Å². The lowest BCUT2D eigenvalue weighted by atomic mass is 9.91. The molecule has 3 aromatic carbocycles. The Balaban J connectivity index is 1.39. The fourth-order valence-electron chi connectivity index (χ4n) is 5.28. The molecule has 1 aliphatic rings. The molecular formula is C35H44N4O4. The first-order valence-corrected chi connectivity index (χ1v) is 15.1. The lowest BCUT2D eigenvalue weighted by molar-refractivity contribution is -0.130. The molecule has 1 aliphatic heterocycles. The van der Waals surface area contributed by atoms with Gasteiger partial charge in [-0.2, -0.15) is 0 Å². The molecule has 3 amide bonds. The fourth-order valence-corrected chi connectivity index (χ4v) is 5.28. The quantitative estimate of drug-likeness (QED) is 0.228. The third-order valence-corrected chi connectivity index (χ3v) is 7.50. The zero-order chi connectivity index (χ0) is 30.7. The SMILES string of the molecule is CC(C)(C)OC(=O)NCCCC[C@H](NC(=O)[C@@H]1Cc2ccccc2CN1)C(=O)NCC(c1ccccc1)c1ccccc1. The molecule has 0 saturated carbocycles. The van der Waals surface area contributed by atoms with Gasteiger partial charge in [-0.25, -0.2) is 4.79 Å². The van der Waals surface area contributed by atoms with Crippen molar-refractivity contribution in [1.29, 1.82) is 0 Å². The molecule has 0 unspecified atom stereocenters. The standard InChI is InChI=1S/C35H44N4O4/c1-35(2,3)43-34(42)36-21-13-12-20-30(39-33(41)31-22-27-18-10-11-19-28(27)23-37-31)32(40)38-24-29(25-14-6-4-7-15-25)26-16-8-5-9-17-26/h4-11,14-19,29-31,37H,12-13,20-24H2,1-3H3,(H,36,42)(H,38,40)(H,39,41)/t30-,31-/m0/s1. The van der Waals surface area contributed by atoms with Gasteiger partial charge in [0.25, 0.3) is 0 Å². The highest BCUT2D eigenvalue weighted by Gasteiger charge is 2.28. The van der Waals surface area contributed by atoms with Crippen molar-refractivity contribution in [2.24, 2.45) is 0 Å². The van der Waals surface area contributed by atoms with Gasteiger partial charge in [-0.05, 0) is 68.7 Å². The fraction of sp³-hybridized carbons (Fsp3) is 0.400. The first-order chi connectivity index (χ1) is 20.7. The topological polar surface area (TPSA) is 109 Å². The summed E-state index contributed by atoms with van der Waals surface area (Å²) < 4.78 is 5.30. The molecule has 0 aliphatic carbocycles. The summed E-state index contributed by atoms with van der Waals surface area (Å²) in [5.41, 5.74) is 3.97. The van der Waals surface area contributed by atoms with E-state index in [0.29, 0.717) is 45.3 Å². The lowest BCUT2D eigenvalue weighted by Crippen LogP contribution is -2.54. The van der Waals surface area contributed by atoms with Gasteiger partial charge in [0.1, 0.15) is 11.6 Å². The lowest BCUT2D eigenvalue weighted by Gasteiger charge is -2.28. The van der Waals surface area contributed by atoms with Crippen LogP contribution in [0.25, 0.3) is 0 Å². The molecule has 0 fully saturated rings. The predicted octanol–water partition coefficient (Wildman–Crippen LogP) is 4.83. The molecule has 0 radical (unpaired) electrons. The molecule has 8 nitrogen and oxygen atoms in total. The van der Waals surface area contributed by atoms with Gasteiger partial charge in [0.2, 0.25) is 11.8 Å². The molecule has 2 atom stereocenters. The smallest absolute Gasteiger partial charge is 0.407 e. The van der Waals surface area contributed by atoms with Crippen molar-refractivity contribution in [2.45, 2.75) is 76.6 Å². The van der Waals surface area contributed by atoms with Gasteiger partial charge in [-0.3, -0.25) is 9.59 Å². The van der Waals surface area contributed by atoms with E-state index >= 15 is 0 Å². The minimum Gasteiger partial charge on any atom is -0.444 e. The van der Waals surface area contributed by atoms with Crippen LogP contribution in [0, 0.1) is 0 Å². The average Bonchev–Trinajstić information content (AvgIpc) is 3.00. The van der Waals surface area contributed by atoms with Gasteiger partial charge in [-0.1, -0.05) is 84.9 Å². The van der Waals surface area contributed by atoms with Crippen molar-refractivity contribution in [1.82, 2.24) is 21.3 Å². The summed E-state index contributed by atoms with van der Waals surface area (Å²) in [7, 11) is 0. The summed E-state index contributed by atoms with van der Waals surface area (Å²) in [5, 5.41) is 12.2. The Hall–Kier alpha value is -4.17. The van der Waals surface area contributed by atoms with Crippen LogP contribution in [0.1, 0.15) is 68.2 Å². The first kappa shape index (κ1) is 31.8. The number of alkyl carbamates (subject to hydrolysis) is 1. The van der Waals surface area contributed by atoms with Gasteiger partial charge in [0.15, 0.2) is 0 Å². The van der Waals surface area contributed by atoms with Crippen LogP contribution in [0.2, 0.25) is 0 Å². The van der Waals surface area contributed by atoms with E-state index in [1.165, 1.54) is 5.56 Å². The third kappa shape index (κ3) is 9.96. The van der Waals surface area contributed by atoms with Crippen molar-refractivity contribution in [3.8, 4) is 0 Å². The molecule has 4 N–H and O–H groups in total. The number of unbranched alkanes of at least 4 members (excludes halogenated alkanes) is 1. The number of carbonyl (C=O) groups excluding carboxylic acids is 3. The molecule has 8 heteroatoms. The Morgan fingerprint density at radius 1 is 0.837 bits per heavy atom. The second-order valence-electron chi connectivity index (χ2n) is 12.0. The molecule has 43 heavy (non-hydrogen) atoms. The van der Waals surface area contributed by atoms with E-state index in [0.717, 1.165) is 16.7 Å². The van der Waals surface area contributed by atoms with Crippen molar-refractivity contribution in [3.05, 3.63) is 107 Å². The van der Waals surface area contributed by atoms with Gasteiger partial charge >= 0.3 is 6.09 Å². The van der Waals surface area contributed by atoms with E-state index in [1.54, 1.807) is 0 Å². The summed E-state index contributed by atoms with van der Waals surface area (Å²) in [5.74, 6) is -0.442. The van der Waals surface area contributed by atoms with Crippen LogP contribution in [0.5, 0.6) is 0 Å². The Morgan fingerprint density at radius 2 is 1.44 bits per heavy atom. The molecule has 0 spiro atoms. The highest BCUT2D eigenvalue weighted by atomic mass is 16.6. The maximum Gasteiger partial charge on any atom is 0.407 e. The van der Waals surface area contributed by atoms with Gasteiger partial charge in [0.05, 0.1) is 6.04 Å². The second-order valence-corrected chi connectivity index (χ2v) is 12.0. The van der Waals surface area contributed by atoms with Crippen molar-refractivity contribution in [2.75, 3.05) is 13.1 Å². The van der Waals surface area contributed by atoms with E-state index in [9.17, 15) is 14.4 Å². The summed E-state index contributed by atoms with van der Waals surface area (Å²) in [6, 6.07) is 27.2. The number of nitrogens with one attached hydrogen (secondary N) is 4. The largest absolute Gasteiger partial charge is 0.444 e. The maximum atomic E-state index is 13.6. The summed E-state index contributed by atoms with van der Waals surface area (Å²) in [6.07, 6.45) is 1.82. The summed E-state index contributed by atoms with van der Waals surface area (Å²) >= 11 is 0. The predicted molar refractivity (Wildman–Crippen MR) is 169 cm³/mol. The number of ether oxygens (including phenoxy) is 1. The van der Waals surface area contributed by atoms with E-state index in [1.807, 2.05) is 75.4 Å². The molecule has 1 heterocycles. The minimum absolute atomic E-state index is 0.0303. The molecule has 228 valence electrons. The second kappa shape index (κ2) is 15.3. The number of carbonyl (C=O) groups is 3. The van der Waals surface area contributed by atoms with E-state index < -0.39 is 23.8 Å². The highest BCUT2D eigenvalue weighted by molar-refractivity contribution is 5.90. The molecule has 0 bridgehead atoms. The molecule has 0 aromatic heterocycles. The number of hydrogen-bond acceptors (Lipinski definition) is 5. The number of amides is 3. The first-order valence-electron chi connectivity index (χ1n) is 15.1. The van der Waals surface area contributed by atoms with Gasteiger partial charge < -0.3 is 26.0 Å². The zero-order valence-electron chi connectivity index (χ0n) is 25.4. The van der Waals surface area contributed by atoms with E-state index in [4.69, 9.17) is 4.74 Å². The molecule has 0 saturated heterocycles. The zero-order valence-corrected chi connectivity index (χ0v) is 25.4. The van der Waals surface area contributed by atoms with Crippen LogP contribution in [0.15, 0.2) is 84.9 Å². The maximum absolute atomic E-state index is 13.6.